The fraction of sp³-hybridized carbons (Fsp3) is 0.500. The van der Waals surface area contributed by atoms with Crippen molar-refractivity contribution < 1.29 is 14.3 Å². The van der Waals surface area contributed by atoms with E-state index in [0.29, 0.717) is 18.0 Å². The summed E-state index contributed by atoms with van der Waals surface area (Å²) in [7, 11) is 0. The van der Waals surface area contributed by atoms with E-state index >= 15 is 0 Å². The van der Waals surface area contributed by atoms with Gasteiger partial charge in [-0.2, -0.15) is 0 Å². The van der Waals surface area contributed by atoms with E-state index in [-0.39, 0.29) is 12.5 Å². The number of carbonyl (C=O) groups is 2. The predicted molar refractivity (Wildman–Crippen MR) is 96.4 cm³/mol. The van der Waals surface area contributed by atoms with Gasteiger partial charge in [-0.3, -0.25) is 9.59 Å². The highest BCUT2D eigenvalue weighted by atomic mass is 16.5. The summed E-state index contributed by atoms with van der Waals surface area (Å²) in [5.41, 5.74) is 1.36. The van der Waals surface area contributed by atoms with Crippen LogP contribution in [0.1, 0.15) is 44.0 Å². The van der Waals surface area contributed by atoms with E-state index in [1.54, 1.807) is 31.2 Å². The molecule has 2 aromatic rings. The molecule has 1 heterocycles. The Balaban J connectivity index is 2.16. The maximum Gasteiger partial charge on any atom is 0.327 e. The van der Waals surface area contributed by atoms with Crippen LogP contribution in [0.25, 0.3) is 11.4 Å². The van der Waals surface area contributed by atoms with Crippen molar-refractivity contribution in [2.75, 3.05) is 19.7 Å². The number of tetrazole rings is 1. The maximum absolute atomic E-state index is 12.6. The average molecular weight is 359 g/mol. The molecule has 0 saturated carbocycles. The van der Waals surface area contributed by atoms with Crippen LogP contribution in [0, 0.1) is 0 Å². The minimum Gasteiger partial charge on any atom is -0.465 e. The first-order chi connectivity index (χ1) is 12.6. The number of benzene rings is 1. The molecule has 0 spiro atoms. The Bertz CT molecular complexity index is 721. The first-order valence-corrected chi connectivity index (χ1v) is 8.92. The number of hydrogen-bond acceptors (Lipinski definition) is 6. The zero-order valence-electron chi connectivity index (χ0n) is 15.5. The zero-order chi connectivity index (χ0) is 18.9. The molecule has 0 fully saturated rings. The SMILES string of the molecule is CCCN(CCC)C(=O)c1ccc(-c2nnnn2CC(=O)OCC)cc1. The third-order valence-electron chi connectivity index (χ3n) is 3.78. The molecule has 1 aromatic carbocycles. The zero-order valence-corrected chi connectivity index (χ0v) is 15.5. The lowest BCUT2D eigenvalue weighted by molar-refractivity contribution is -0.144. The van der Waals surface area contributed by atoms with Gasteiger partial charge in [-0.1, -0.05) is 26.0 Å². The number of ether oxygens (including phenoxy) is 1. The van der Waals surface area contributed by atoms with Crippen molar-refractivity contribution >= 4 is 11.9 Å². The molecule has 140 valence electrons. The van der Waals surface area contributed by atoms with E-state index in [2.05, 4.69) is 29.4 Å². The molecule has 0 atom stereocenters. The summed E-state index contributed by atoms with van der Waals surface area (Å²) in [6, 6.07) is 7.10. The Labute approximate surface area is 153 Å². The van der Waals surface area contributed by atoms with Gasteiger partial charge in [0, 0.05) is 24.2 Å². The van der Waals surface area contributed by atoms with Gasteiger partial charge in [-0.15, -0.1) is 5.10 Å². The summed E-state index contributed by atoms with van der Waals surface area (Å²) in [5, 5.41) is 11.4. The first kappa shape index (κ1) is 19.6. The lowest BCUT2D eigenvalue weighted by Gasteiger charge is -2.21. The minimum absolute atomic E-state index is 0.0198. The Morgan fingerprint density at radius 2 is 1.73 bits per heavy atom. The van der Waals surface area contributed by atoms with Crippen LogP contribution in [0.2, 0.25) is 0 Å². The van der Waals surface area contributed by atoms with Gasteiger partial charge in [-0.05, 0) is 42.3 Å². The molecule has 2 rings (SSSR count). The van der Waals surface area contributed by atoms with Gasteiger partial charge in [0.05, 0.1) is 6.61 Å². The van der Waals surface area contributed by atoms with Crippen molar-refractivity contribution in [3.8, 4) is 11.4 Å². The molecule has 8 nitrogen and oxygen atoms in total. The lowest BCUT2D eigenvalue weighted by Crippen LogP contribution is -2.32. The van der Waals surface area contributed by atoms with E-state index in [0.717, 1.165) is 31.5 Å². The molecular weight excluding hydrogens is 334 g/mol. The van der Waals surface area contributed by atoms with Crippen LogP contribution < -0.4 is 0 Å². The molecule has 0 aliphatic carbocycles. The van der Waals surface area contributed by atoms with Crippen LogP contribution in [0.4, 0.5) is 0 Å². The molecular formula is C18H25N5O3. The number of hydrogen-bond donors (Lipinski definition) is 0. The highest BCUT2D eigenvalue weighted by molar-refractivity contribution is 5.94. The summed E-state index contributed by atoms with van der Waals surface area (Å²) < 4.78 is 6.31. The predicted octanol–water partition coefficient (Wildman–Crippen LogP) is 2.17. The summed E-state index contributed by atoms with van der Waals surface area (Å²) in [6.07, 6.45) is 1.85. The maximum atomic E-state index is 12.6. The van der Waals surface area contributed by atoms with E-state index in [1.807, 2.05) is 4.90 Å². The Morgan fingerprint density at radius 3 is 2.31 bits per heavy atom. The second-order valence-electron chi connectivity index (χ2n) is 5.83. The molecule has 1 amide bonds. The monoisotopic (exact) mass is 359 g/mol. The number of esters is 1. The fourth-order valence-corrected chi connectivity index (χ4v) is 2.65. The normalized spacial score (nSPS) is 10.6. The number of rotatable bonds is 9. The van der Waals surface area contributed by atoms with Gasteiger partial charge >= 0.3 is 5.97 Å². The van der Waals surface area contributed by atoms with Gasteiger partial charge in [0.25, 0.3) is 5.91 Å². The van der Waals surface area contributed by atoms with Gasteiger partial charge in [-0.25, -0.2) is 4.68 Å². The van der Waals surface area contributed by atoms with E-state index < -0.39 is 5.97 Å². The molecule has 1 aromatic heterocycles. The minimum atomic E-state index is -0.400. The molecule has 0 aliphatic rings. The molecule has 0 unspecified atom stereocenters. The number of amides is 1. The van der Waals surface area contributed by atoms with Crippen LogP contribution in [0.3, 0.4) is 0 Å². The standard InChI is InChI=1S/C18H25N5O3/c1-4-11-22(12-5-2)18(25)15-9-7-14(8-10-15)17-19-20-21-23(17)13-16(24)26-6-3/h7-10H,4-6,11-13H2,1-3H3. The molecule has 26 heavy (non-hydrogen) atoms. The third kappa shape index (κ3) is 4.87. The fourth-order valence-electron chi connectivity index (χ4n) is 2.65. The summed E-state index contributed by atoms with van der Waals surface area (Å²) in [4.78, 5) is 26.1. The van der Waals surface area contributed by atoms with Crippen molar-refractivity contribution in [1.29, 1.82) is 0 Å². The van der Waals surface area contributed by atoms with Crippen LogP contribution >= 0.6 is 0 Å². The number of aromatic nitrogens is 4. The first-order valence-electron chi connectivity index (χ1n) is 8.92. The van der Waals surface area contributed by atoms with Crippen molar-refractivity contribution in [2.45, 2.75) is 40.2 Å². The average Bonchev–Trinajstić information content (AvgIpc) is 3.09. The number of carbonyl (C=O) groups excluding carboxylic acids is 2. The summed E-state index contributed by atoms with van der Waals surface area (Å²) in [5.74, 6) is 0.0741. The van der Waals surface area contributed by atoms with Gasteiger partial charge in [0.2, 0.25) is 0 Å². The molecule has 8 heteroatoms. The molecule has 0 N–H and O–H groups in total. The van der Waals surface area contributed by atoms with Gasteiger partial charge in [0.1, 0.15) is 6.54 Å². The van der Waals surface area contributed by atoms with Crippen LogP contribution in [-0.2, 0) is 16.1 Å². The smallest absolute Gasteiger partial charge is 0.327 e. The number of nitrogens with zero attached hydrogens (tertiary/aromatic N) is 5. The van der Waals surface area contributed by atoms with Crippen molar-refractivity contribution in [3.05, 3.63) is 29.8 Å². The molecule has 0 radical (unpaired) electrons. The van der Waals surface area contributed by atoms with E-state index in [4.69, 9.17) is 4.74 Å². The largest absolute Gasteiger partial charge is 0.465 e. The van der Waals surface area contributed by atoms with E-state index in [9.17, 15) is 9.59 Å². The summed E-state index contributed by atoms with van der Waals surface area (Å²) >= 11 is 0. The Morgan fingerprint density at radius 1 is 1.08 bits per heavy atom. The highest BCUT2D eigenvalue weighted by Gasteiger charge is 2.16. The second-order valence-corrected chi connectivity index (χ2v) is 5.83. The summed E-state index contributed by atoms with van der Waals surface area (Å²) in [6.45, 7) is 7.59. The van der Waals surface area contributed by atoms with Crippen LogP contribution in [0.15, 0.2) is 24.3 Å². The van der Waals surface area contributed by atoms with Gasteiger partial charge in [0.15, 0.2) is 5.82 Å². The topological polar surface area (TPSA) is 90.2 Å². The second kappa shape index (κ2) is 9.65. The molecule has 0 saturated heterocycles. The molecule has 0 aliphatic heterocycles. The van der Waals surface area contributed by atoms with Crippen LogP contribution in [0.5, 0.6) is 0 Å². The van der Waals surface area contributed by atoms with Crippen molar-refractivity contribution in [2.24, 2.45) is 0 Å². The Kier molecular flexibility index (Phi) is 7.25. The van der Waals surface area contributed by atoms with E-state index in [1.165, 1.54) is 4.68 Å². The Hall–Kier alpha value is -2.77. The molecule has 0 bridgehead atoms. The highest BCUT2D eigenvalue weighted by Crippen LogP contribution is 2.18. The lowest BCUT2D eigenvalue weighted by atomic mass is 10.1. The van der Waals surface area contributed by atoms with Crippen molar-refractivity contribution in [3.63, 3.8) is 0 Å². The van der Waals surface area contributed by atoms with Gasteiger partial charge < -0.3 is 9.64 Å². The van der Waals surface area contributed by atoms with Crippen molar-refractivity contribution in [1.82, 2.24) is 25.1 Å². The third-order valence-corrected chi connectivity index (χ3v) is 3.78. The quantitative estimate of drug-likeness (QED) is 0.637. The van der Waals surface area contributed by atoms with Crippen LogP contribution in [-0.4, -0.2) is 56.7 Å².